The number of amides is 4. The molecule has 0 aromatic heterocycles. The molecule has 0 radical (unpaired) electrons. The number of imide groups is 1. The fraction of sp³-hybridized carbons (Fsp3) is 0.550. The standard InChI is InChI=1S/C20H24FN3O3/c1-2-20(14-7-9-15(21)10-8-14)18(26)24(19(27)23-20)11-16(25)22-17(12-3-4-12)13-5-6-13/h7-10,12-13,17H,2-6,11H2,1H3,(H,22,25)(H,23,27). The summed E-state index contributed by atoms with van der Waals surface area (Å²) in [4.78, 5) is 39.0. The van der Waals surface area contributed by atoms with Crippen LogP contribution in [0.4, 0.5) is 9.18 Å². The van der Waals surface area contributed by atoms with E-state index >= 15 is 0 Å². The summed E-state index contributed by atoms with van der Waals surface area (Å²) >= 11 is 0. The Balaban J connectivity index is 1.48. The molecule has 3 aliphatic rings. The van der Waals surface area contributed by atoms with E-state index in [-0.39, 0.29) is 18.5 Å². The topological polar surface area (TPSA) is 78.5 Å². The Morgan fingerprint density at radius 1 is 1.22 bits per heavy atom. The molecular weight excluding hydrogens is 349 g/mol. The summed E-state index contributed by atoms with van der Waals surface area (Å²) < 4.78 is 13.3. The van der Waals surface area contributed by atoms with Crippen molar-refractivity contribution >= 4 is 17.8 Å². The third kappa shape index (κ3) is 3.31. The van der Waals surface area contributed by atoms with Crippen LogP contribution in [0, 0.1) is 17.7 Å². The fourth-order valence-electron chi connectivity index (χ4n) is 4.05. The molecule has 0 spiro atoms. The van der Waals surface area contributed by atoms with E-state index in [4.69, 9.17) is 0 Å². The van der Waals surface area contributed by atoms with Gasteiger partial charge in [0.2, 0.25) is 5.91 Å². The van der Waals surface area contributed by atoms with Crippen molar-refractivity contribution in [1.82, 2.24) is 15.5 Å². The van der Waals surface area contributed by atoms with E-state index in [1.54, 1.807) is 6.92 Å². The van der Waals surface area contributed by atoms with Crippen LogP contribution in [0.3, 0.4) is 0 Å². The molecule has 1 saturated heterocycles. The third-order valence-corrected chi connectivity index (χ3v) is 5.93. The Labute approximate surface area is 157 Å². The lowest BCUT2D eigenvalue weighted by Crippen LogP contribution is -2.47. The first kappa shape index (κ1) is 17.9. The summed E-state index contributed by atoms with van der Waals surface area (Å²) in [6.07, 6.45) is 4.85. The number of carbonyl (C=O) groups excluding carboxylic acids is 3. The lowest BCUT2D eigenvalue weighted by Gasteiger charge is -2.26. The minimum Gasteiger partial charge on any atom is -0.351 e. The SMILES string of the molecule is CCC1(c2ccc(F)cc2)NC(=O)N(CC(=O)NC(C2CC2)C2CC2)C1=O. The van der Waals surface area contributed by atoms with Crippen molar-refractivity contribution in [3.05, 3.63) is 35.6 Å². The predicted octanol–water partition coefficient (Wildman–Crippen LogP) is 2.29. The van der Waals surface area contributed by atoms with Crippen LogP contribution in [-0.4, -0.2) is 35.3 Å². The number of urea groups is 1. The normalized spacial score (nSPS) is 25.1. The summed E-state index contributed by atoms with van der Waals surface area (Å²) in [5.41, 5.74) is -0.737. The molecule has 144 valence electrons. The average Bonchev–Trinajstić information content (AvgIpc) is 3.55. The zero-order valence-corrected chi connectivity index (χ0v) is 15.3. The molecule has 27 heavy (non-hydrogen) atoms. The predicted molar refractivity (Wildman–Crippen MR) is 96.0 cm³/mol. The van der Waals surface area contributed by atoms with Gasteiger partial charge in [0.15, 0.2) is 0 Å². The molecule has 0 bridgehead atoms. The van der Waals surface area contributed by atoms with Crippen molar-refractivity contribution in [2.45, 2.75) is 50.6 Å². The number of benzene rings is 1. The van der Waals surface area contributed by atoms with Crippen LogP contribution in [0.1, 0.15) is 44.6 Å². The van der Waals surface area contributed by atoms with E-state index in [1.807, 2.05) is 0 Å². The van der Waals surface area contributed by atoms with Crippen molar-refractivity contribution in [2.24, 2.45) is 11.8 Å². The van der Waals surface area contributed by atoms with Gasteiger partial charge < -0.3 is 10.6 Å². The number of carbonyl (C=O) groups is 3. The van der Waals surface area contributed by atoms with Crippen molar-refractivity contribution in [3.8, 4) is 0 Å². The molecule has 1 heterocycles. The Bertz CT molecular complexity index is 761. The van der Waals surface area contributed by atoms with Crippen molar-refractivity contribution in [3.63, 3.8) is 0 Å². The maximum Gasteiger partial charge on any atom is 0.325 e. The molecular formula is C20H24FN3O3. The molecule has 3 fully saturated rings. The maximum absolute atomic E-state index is 13.3. The minimum atomic E-state index is -1.25. The van der Waals surface area contributed by atoms with Gasteiger partial charge in [-0.3, -0.25) is 14.5 Å². The molecule has 2 N–H and O–H groups in total. The lowest BCUT2D eigenvalue weighted by atomic mass is 9.87. The van der Waals surface area contributed by atoms with Crippen LogP contribution < -0.4 is 10.6 Å². The zero-order valence-electron chi connectivity index (χ0n) is 15.3. The number of halogens is 1. The maximum atomic E-state index is 13.3. The molecule has 2 aliphatic carbocycles. The molecule has 6 nitrogen and oxygen atoms in total. The quantitative estimate of drug-likeness (QED) is 0.720. The van der Waals surface area contributed by atoms with Gasteiger partial charge in [-0.1, -0.05) is 19.1 Å². The molecule has 1 aromatic rings. The fourth-order valence-corrected chi connectivity index (χ4v) is 4.05. The second kappa shape index (κ2) is 6.62. The first-order valence-electron chi connectivity index (χ1n) is 9.64. The number of hydrogen-bond donors (Lipinski definition) is 2. The van der Waals surface area contributed by atoms with E-state index in [1.165, 1.54) is 24.3 Å². The number of rotatable bonds is 7. The van der Waals surface area contributed by atoms with Crippen molar-refractivity contribution < 1.29 is 18.8 Å². The van der Waals surface area contributed by atoms with Gasteiger partial charge >= 0.3 is 6.03 Å². The smallest absolute Gasteiger partial charge is 0.325 e. The molecule has 4 amide bonds. The molecule has 1 aliphatic heterocycles. The van der Waals surface area contributed by atoms with Gasteiger partial charge in [0.25, 0.3) is 5.91 Å². The summed E-state index contributed by atoms with van der Waals surface area (Å²) in [5, 5.41) is 5.76. The second-order valence-corrected chi connectivity index (χ2v) is 7.86. The lowest BCUT2D eigenvalue weighted by molar-refractivity contribution is -0.135. The number of nitrogens with zero attached hydrogens (tertiary/aromatic N) is 1. The summed E-state index contributed by atoms with van der Waals surface area (Å²) in [6, 6.07) is 5.10. The molecule has 1 aromatic carbocycles. The Hall–Kier alpha value is -2.44. The van der Waals surface area contributed by atoms with Crippen LogP contribution in [-0.2, 0) is 15.1 Å². The Morgan fingerprint density at radius 3 is 2.33 bits per heavy atom. The highest BCUT2D eigenvalue weighted by Crippen LogP contribution is 2.44. The summed E-state index contributed by atoms with van der Waals surface area (Å²) in [5.74, 6) is -0.0966. The molecule has 4 rings (SSSR count). The van der Waals surface area contributed by atoms with Gasteiger partial charge in [-0.05, 0) is 61.6 Å². The van der Waals surface area contributed by atoms with Gasteiger partial charge in [-0.15, -0.1) is 0 Å². The van der Waals surface area contributed by atoms with Gasteiger partial charge in [0.05, 0.1) is 0 Å². The van der Waals surface area contributed by atoms with E-state index < -0.39 is 23.3 Å². The second-order valence-electron chi connectivity index (χ2n) is 7.86. The monoisotopic (exact) mass is 373 g/mol. The van der Waals surface area contributed by atoms with Crippen LogP contribution in [0.2, 0.25) is 0 Å². The van der Waals surface area contributed by atoms with E-state index in [0.29, 0.717) is 23.8 Å². The summed E-state index contributed by atoms with van der Waals surface area (Å²) in [6.45, 7) is 1.49. The largest absolute Gasteiger partial charge is 0.351 e. The zero-order chi connectivity index (χ0) is 19.2. The highest BCUT2D eigenvalue weighted by molar-refractivity contribution is 6.09. The van der Waals surface area contributed by atoms with Crippen LogP contribution >= 0.6 is 0 Å². The minimum absolute atomic E-state index is 0.172. The average molecular weight is 373 g/mol. The molecule has 1 atom stereocenters. The van der Waals surface area contributed by atoms with Gasteiger partial charge in [0.1, 0.15) is 17.9 Å². The molecule has 1 unspecified atom stereocenters. The van der Waals surface area contributed by atoms with E-state index in [2.05, 4.69) is 10.6 Å². The van der Waals surface area contributed by atoms with Crippen LogP contribution in [0.25, 0.3) is 0 Å². The van der Waals surface area contributed by atoms with Crippen molar-refractivity contribution in [2.75, 3.05) is 6.54 Å². The van der Waals surface area contributed by atoms with Crippen molar-refractivity contribution in [1.29, 1.82) is 0 Å². The first-order chi connectivity index (χ1) is 12.9. The third-order valence-electron chi connectivity index (χ3n) is 5.93. The van der Waals surface area contributed by atoms with Gasteiger partial charge in [-0.25, -0.2) is 9.18 Å². The van der Waals surface area contributed by atoms with Crippen LogP contribution in [0.5, 0.6) is 0 Å². The first-order valence-corrected chi connectivity index (χ1v) is 9.64. The molecule has 2 saturated carbocycles. The van der Waals surface area contributed by atoms with Crippen LogP contribution in [0.15, 0.2) is 24.3 Å². The highest BCUT2D eigenvalue weighted by atomic mass is 19.1. The number of hydrogen-bond acceptors (Lipinski definition) is 3. The number of nitrogens with one attached hydrogen (secondary N) is 2. The van der Waals surface area contributed by atoms with E-state index in [0.717, 1.165) is 30.6 Å². The van der Waals surface area contributed by atoms with Gasteiger partial charge in [-0.2, -0.15) is 0 Å². The Kier molecular flexibility index (Phi) is 4.40. The Morgan fingerprint density at radius 2 is 1.81 bits per heavy atom. The van der Waals surface area contributed by atoms with E-state index in [9.17, 15) is 18.8 Å². The van der Waals surface area contributed by atoms with Gasteiger partial charge in [0, 0.05) is 6.04 Å². The summed E-state index contributed by atoms with van der Waals surface area (Å²) in [7, 11) is 0. The molecule has 7 heteroatoms. The highest BCUT2D eigenvalue weighted by Gasteiger charge is 2.52.